The third-order valence-electron chi connectivity index (χ3n) is 6.64. The predicted octanol–water partition coefficient (Wildman–Crippen LogP) is 3.56. The smallest absolute Gasteiger partial charge is 0.325 e. The van der Waals surface area contributed by atoms with Gasteiger partial charge in [0.05, 0.1) is 7.11 Å². The Morgan fingerprint density at radius 1 is 1.21 bits per heavy atom. The Kier molecular flexibility index (Phi) is 6.83. The highest BCUT2D eigenvalue weighted by Gasteiger charge is 2.52. The summed E-state index contributed by atoms with van der Waals surface area (Å²) in [5.74, 6) is 0.566. The Bertz CT molecular complexity index is 1030. The van der Waals surface area contributed by atoms with Gasteiger partial charge in [-0.05, 0) is 67.3 Å². The van der Waals surface area contributed by atoms with Crippen molar-refractivity contribution in [1.82, 2.24) is 15.1 Å². The molecule has 1 aromatic heterocycles. The average Bonchev–Trinajstić information content (AvgIpc) is 3.43. The zero-order valence-electron chi connectivity index (χ0n) is 19.0. The van der Waals surface area contributed by atoms with Crippen LogP contribution in [0.25, 0.3) is 6.08 Å². The van der Waals surface area contributed by atoms with Crippen molar-refractivity contribution < 1.29 is 19.1 Å². The summed E-state index contributed by atoms with van der Waals surface area (Å²) in [4.78, 5) is 42.6. The van der Waals surface area contributed by atoms with Gasteiger partial charge in [0.1, 0.15) is 11.3 Å². The molecule has 174 valence electrons. The molecule has 0 saturated carbocycles. The van der Waals surface area contributed by atoms with Crippen molar-refractivity contribution in [3.8, 4) is 5.75 Å². The highest BCUT2D eigenvalue weighted by Crippen LogP contribution is 2.33. The van der Waals surface area contributed by atoms with Crippen LogP contribution in [0.15, 0.2) is 47.9 Å². The molecule has 1 aromatic carbocycles. The lowest BCUT2D eigenvalue weighted by atomic mass is 9.79. The van der Waals surface area contributed by atoms with Gasteiger partial charge in [-0.1, -0.05) is 18.2 Å². The number of methoxy groups -OCH3 is 1. The molecule has 3 heterocycles. The Morgan fingerprint density at radius 2 is 1.94 bits per heavy atom. The van der Waals surface area contributed by atoms with Crippen molar-refractivity contribution in [3.05, 3.63) is 58.3 Å². The molecule has 33 heavy (non-hydrogen) atoms. The topological polar surface area (TPSA) is 79.0 Å². The van der Waals surface area contributed by atoms with Crippen molar-refractivity contribution in [2.75, 3.05) is 26.7 Å². The van der Waals surface area contributed by atoms with E-state index < -0.39 is 5.54 Å². The van der Waals surface area contributed by atoms with Crippen LogP contribution in [-0.2, 0) is 16.0 Å². The fourth-order valence-electron chi connectivity index (χ4n) is 4.55. The van der Waals surface area contributed by atoms with E-state index in [1.54, 1.807) is 24.5 Å². The first kappa shape index (κ1) is 23.0. The van der Waals surface area contributed by atoms with Gasteiger partial charge in [-0.15, -0.1) is 11.3 Å². The van der Waals surface area contributed by atoms with E-state index in [1.807, 2.05) is 59.7 Å². The lowest BCUT2D eigenvalue weighted by Gasteiger charge is -2.38. The second-order valence-corrected chi connectivity index (χ2v) is 9.61. The molecule has 8 heteroatoms. The van der Waals surface area contributed by atoms with Crippen LogP contribution < -0.4 is 10.1 Å². The van der Waals surface area contributed by atoms with Gasteiger partial charge >= 0.3 is 6.03 Å². The minimum Gasteiger partial charge on any atom is -0.497 e. The highest BCUT2D eigenvalue weighted by atomic mass is 32.1. The number of carbonyl (C=O) groups excluding carboxylic acids is 3. The quantitative estimate of drug-likeness (QED) is 0.499. The molecule has 1 N–H and O–H groups in total. The molecule has 0 bridgehead atoms. The van der Waals surface area contributed by atoms with Crippen LogP contribution in [0, 0.1) is 5.92 Å². The summed E-state index contributed by atoms with van der Waals surface area (Å²) in [5, 5.41) is 4.92. The third kappa shape index (κ3) is 4.95. The summed E-state index contributed by atoms with van der Waals surface area (Å²) in [6.07, 6.45) is 5.38. The summed E-state index contributed by atoms with van der Waals surface area (Å²) in [6, 6.07) is 11.2. The molecule has 2 aromatic rings. The summed E-state index contributed by atoms with van der Waals surface area (Å²) in [5.41, 5.74) is 0.103. The van der Waals surface area contributed by atoms with E-state index >= 15 is 0 Å². The first-order valence-corrected chi connectivity index (χ1v) is 12.1. The maximum atomic E-state index is 13.2. The Balaban J connectivity index is 1.32. The lowest BCUT2D eigenvalue weighted by molar-refractivity contribution is -0.134. The van der Waals surface area contributed by atoms with Gasteiger partial charge in [-0.2, -0.15) is 0 Å². The molecule has 2 aliphatic rings. The fourth-order valence-corrected chi connectivity index (χ4v) is 5.17. The number of amides is 4. The zero-order chi connectivity index (χ0) is 23.4. The molecule has 0 aliphatic carbocycles. The van der Waals surface area contributed by atoms with Crippen molar-refractivity contribution in [2.24, 2.45) is 5.92 Å². The van der Waals surface area contributed by atoms with Gasteiger partial charge in [-0.25, -0.2) is 4.79 Å². The number of ether oxygens (including phenoxy) is 1. The standard InChI is InChI=1S/C25H29N3O4S/c1-25(19-12-14-27(15-13-19)22(29)10-9-21-4-3-17-33-21)23(30)28(24(31)26-25)16-11-18-5-7-20(32-2)8-6-18/h3-10,17,19H,11-16H2,1-2H3,(H,26,31). The summed E-state index contributed by atoms with van der Waals surface area (Å²) in [6.45, 7) is 3.29. The SMILES string of the molecule is COc1ccc(CCN2C(=O)NC(C)(C3CCN(C(=O)C=Cc4cccs4)CC3)C2=O)cc1. The first-order chi connectivity index (χ1) is 15.9. The Labute approximate surface area is 198 Å². The van der Waals surface area contributed by atoms with Crippen LogP contribution in [-0.4, -0.2) is 59.9 Å². The molecule has 0 radical (unpaired) electrons. The number of nitrogens with zero attached hydrogens (tertiary/aromatic N) is 2. The molecule has 0 spiro atoms. The van der Waals surface area contributed by atoms with Gasteiger partial charge < -0.3 is 15.0 Å². The van der Waals surface area contributed by atoms with Crippen molar-refractivity contribution in [3.63, 3.8) is 0 Å². The van der Waals surface area contributed by atoms with E-state index in [1.165, 1.54) is 4.90 Å². The largest absolute Gasteiger partial charge is 0.497 e. The van der Waals surface area contributed by atoms with Gasteiger partial charge in [0, 0.05) is 30.6 Å². The van der Waals surface area contributed by atoms with E-state index in [2.05, 4.69) is 5.32 Å². The number of benzene rings is 1. The third-order valence-corrected chi connectivity index (χ3v) is 7.48. The number of hydrogen-bond acceptors (Lipinski definition) is 5. The normalized spacial score (nSPS) is 21.6. The van der Waals surface area contributed by atoms with E-state index in [0.717, 1.165) is 16.2 Å². The molecular formula is C25H29N3O4S. The van der Waals surface area contributed by atoms with Crippen LogP contribution in [0.3, 0.4) is 0 Å². The maximum absolute atomic E-state index is 13.2. The average molecular weight is 468 g/mol. The lowest BCUT2D eigenvalue weighted by Crippen LogP contribution is -2.54. The number of imide groups is 1. The number of likely N-dealkylation sites (tertiary alicyclic amines) is 1. The number of hydrogen-bond donors (Lipinski definition) is 1. The van der Waals surface area contributed by atoms with Crippen LogP contribution in [0.2, 0.25) is 0 Å². The van der Waals surface area contributed by atoms with Crippen LogP contribution in [0.4, 0.5) is 4.79 Å². The molecule has 1 atom stereocenters. The minimum absolute atomic E-state index is 0.00902. The van der Waals surface area contributed by atoms with Gasteiger partial charge in [-0.3, -0.25) is 14.5 Å². The Hall–Kier alpha value is -3.13. The number of nitrogens with one attached hydrogen (secondary N) is 1. The molecule has 4 amide bonds. The second-order valence-electron chi connectivity index (χ2n) is 8.64. The van der Waals surface area contributed by atoms with E-state index in [-0.39, 0.29) is 23.8 Å². The number of urea groups is 1. The number of thiophene rings is 1. The number of piperidine rings is 1. The van der Waals surface area contributed by atoms with Gasteiger partial charge in [0.15, 0.2) is 0 Å². The molecule has 7 nitrogen and oxygen atoms in total. The van der Waals surface area contributed by atoms with E-state index in [0.29, 0.717) is 38.9 Å². The van der Waals surface area contributed by atoms with Crippen molar-refractivity contribution in [2.45, 2.75) is 31.7 Å². The predicted molar refractivity (Wildman–Crippen MR) is 128 cm³/mol. The number of carbonyl (C=O) groups is 3. The maximum Gasteiger partial charge on any atom is 0.325 e. The van der Waals surface area contributed by atoms with Crippen LogP contribution in [0.1, 0.15) is 30.2 Å². The highest BCUT2D eigenvalue weighted by molar-refractivity contribution is 7.10. The molecule has 2 saturated heterocycles. The second kappa shape index (κ2) is 9.79. The molecule has 1 unspecified atom stereocenters. The van der Waals surface area contributed by atoms with Gasteiger partial charge in [0.25, 0.3) is 5.91 Å². The van der Waals surface area contributed by atoms with Gasteiger partial charge in [0.2, 0.25) is 5.91 Å². The summed E-state index contributed by atoms with van der Waals surface area (Å²) >= 11 is 1.59. The molecule has 2 aliphatic heterocycles. The fraction of sp³-hybridized carbons (Fsp3) is 0.400. The van der Waals surface area contributed by atoms with Crippen LogP contribution >= 0.6 is 11.3 Å². The number of rotatable bonds is 7. The minimum atomic E-state index is -0.932. The monoisotopic (exact) mass is 467 g/mol. The molecule has 2 fully saturated rings. The first-order valence-electron chi connectivity index (χ1n) is 11.2. The van der Waals surface area contributed by atoms with Crippen molar-refractivity contribution in [1.29, 1.82) is 0 Å². The zero-order valence-corrected chi connectivity index (χ0v) is 19.8. The van der Waals surface area contributed by atoms with Crippen LogP contribution in [0.5, 0.6) is 5.75 Å². The summed E-state index contributed by atoms with van der Waals surface area (Å²) < 4.78 is 5.17. The summed E-state index contributed by atoms with van der Waals surface area (Å²) in [7, 11) is 1.62. The van der Waals surface area contributed by atoms with Crippen molar-refractivity contribution >= 4 is 35.3 Å². The molecule has 4 rings (SSSR count). The van der Waals surface area contributed by atoms with E-state index in [9.17, 15) is 14.4 Å². The van der Waals surface area contributed by atoms with E-state index in [4.69, 9.17) is 4.74 Å². The molecular weight excluding hydrogens is 438 g/mol. The Morgan fingerprint density at radius 3 is 2.58 bits per heavy atom.